The number of anilines is 1. The highest BCUT2D eigenvalue weighted by atomic mass is 19.3. The van der Waals surface area contributed by atoms with E-state index in [1.165, 1.54) is 23.1 Å². The standard InChI is InChI=1S/C16H15F2N3O4/c1-2-13(23)19-9-3-4-12(22)10(5-9)15(24)21-7-16(8-21)6-11(14(17)18)20-25-16/h2-5,14,22H,1,6-8H2,(H,19,23). The monoisotopic (exact) mass is 351 g/mol. The number of hydrogen-bond donors (Lipinski definition) is 2. The highest BCUT2D eigenvalue weighted by molar-refractivity contribution is 6.02. The molecule has 2 heterocycles. The van der Waals surface area contributed by atoms with Gasteiger partial charge in [-0.2, -0.15) is 0 Å². The second kappa shape index (κ2) is 6.15. The van der Waals surface area contributed by atoms with Crippen molar-refractivity contribution in [3.63, 3.8) is 0 Å². The van der Waals surface area contributed by atoms with Gasteiger partial charge in [0, 0.05) is 12.1 Å². The van der Waals surface area contributed by atoms with Gasteiger partial charge in [0.2, 0.25) is 5.91 Å². The molecule has 0 bridgehead atoms. The van der Waals surface area contributed by atoms with Crippen molar-refractivity contribution in [2.75, 3.05) is 18.4 Å². The fourth-order valence-corrected chi connectivity index (χ4v) is 2.78. The molecule has 1 aromatic carbocycles. The van der Waals surface area contributed by atoms with Crippen molar-refractivity contribution in [2.45, 2.75) is 18.4 Å². The van der Waals surface area contributed by atoms with E-state index in [2.05, 4.69) is 17.1 Å². The summed E-state index contributed by atoms with van der Waals surface area (Å²) < 4.78 is 25.3. The van der Waals surface area contributed by atoms with Crippen LogP contribution in [-0.2, 0) is 9.63 Å². The molecule has 1 spiro atoms. The highest BCUT2D eigenvalue weighted by Crippen LogP contribution is 2.36. The first-order valence-electron chi connectivity index (χ1n) is 7.42. The van der Waals surface area contributed by atoms with Crippen molar-refractivity contribution >= 4 is 23.2 Å². The number of aromatic hydroxyl groups is 1. The average molecular weight is 351 g/mol. The molecule has 0 radical (unpaired) electrons. The maximum atomic E-state index is 12.6. The quantitative estimate of drug-likeness (QED) is 0.639. The van der Waals surface area contributed by atoms with Crippen LogP contribution in [0.2, 0.25) is 0 Å². The Morgan fingerprint density at radius 1 is 1.44 bits per heavy atom. The second-order valence-electron chi connectivity index (χ2n) is 5.92. The molecule has 0 saturated carbocycles. The van der Waals surface area contributed by atoms with Gasteiger partial charge in [0.15, 0.2) is 5.60 Å². The summed E-state index contributed by atoms with van der Waals surface area (Å²) in [5, 5.41) is 15.8. The van der Waals surface area contributed by atoms with E-state index in [-0.39, 0.29) is 36.5 Å². The number of likely N-dealkylation sites (tertiary alicyclic amines) is 1. The third-order valence-electron chi connectivity index (χ3n) is 4.04. The first kappa shape index (κ1) is 16.9. The lowest BCUT2D eigenvalue weighted by molar-refractivity contribution is -0.111. The molecular formula is C16H15F2N3O4. The molecule has 1 fully saturated rings. The SMILES string of the molecule is C=CC(=O)Nc1ccc(O)c(C(=O)N2CC3(CC(C(F)F)=NO3)C2)c1. The van der Waals surface area contributed by atoms with Gasteiger partial charge in [-0.15, -0.1) is 0 Å². The van der Waals surface area contributed by atoms with Gasteiger partial charge in [-0.1, -0.05) is 11.7 Å². The molecule has 1 saturated heterocycles. The van der Waals surface area contributed by atoms with E-state index in [0.717, 1.165) is 6.08 Å². The van der Waals surface area contributed by atoms with Crippen LogP contribution in [0.15, 0.2) is 36.0 Å². The summed E-state index contributed by atoms with van der Waals surface area (Å²) in [6.07, 6.45) is -1.64. The van der Waals surface area contributed by atoms with Crippen LogP contribution in [0.1, 0.15) is 16.8 Å². The topological polar surface area (TPSA) is 91.2 Å². The molecule has 0 atom stereocenters. The van der Waals surface area contributed by atoms with E-state index < -0.39 is 23.8 Å². The first-order valence-corrected chi connectivity index (χ1v) is 7.42. The van der Waals surface area contributed by atoms with Crippen LogP contribution in [0.25, 0.3) is 0 Å². The smallest absolute Gasteiger partial charge is 0.279 e. The Morgan fingerprint density at radius 3 is 2.76 bits per heavy atom. The van der Waals surface area contributed by atoms with E-state index in [0.29, 0.717) is 5.69 Å². The molecule has 7 nitrogen and oxygen atoms in total. The van der Waals surface area contributed by atoms with E-state index >= 15 is 0 Å². The summed E-state index contributed by atoms with van der Waals surface area (Å²) in [6.45, 7) is 3.51. The summed E-state index contributed by atoms with van der Waals surface area (Å²) in [5.41, 5.74) is -0.929. The lowest BCUT2D eigenvalue weighted by Crippen LogP contribution is -2.63. The molecule has 2 aliphatic rings. The van der Waals surface area contributed by atoms with Crippen LogP contribution in [0.3, 0.4) is 0 Å². The number of amides is 2. The van der Waals surface area contributed by atoms with E-state index in [9.17, 15) is 23.5 Å². The number of phenols is 1. The Balaban J connectivity index is 1.68. The van der Waals surface area contributed by atoms with Gasteiger partial charge in [0.25, 0.3) is 12.3 Å². The fourth-order valence-electron chi connectivity index (χ4n) is 2.78. The fraction of sp³-hybridized carbons (Fsp3) is 0.312. The van der Waals surface area contributed by atoms with Crippen molar-refractivity contribution in [1.29, 1.82) is 0 Å². The normalized spacial score (nSPS) is 17.7. The number of phenolic OH excluding ortho intramolecular Hbond substituents is 1. The molecule has 0 aromatic heterocycles. The molecule has 0 unspecified atom stereocenters. The number of carbonyl (C=O) groups excluding carboxylic acids is 2. The number of carbonyl (C=O) groups is 2. The number of rotatable bonds is 4. The highest BCUT2D eigenvalue weighted by Gasteiger charge is 2.53. The summed E-state index contributed by atoms with van der Waals surface area (Å²) in [5.74, 6) is -1.20. The van der Waals surface area contributed by atoms with Gasteiger partial charge in [-0.3, -0.25) is 9.59 Å². The minimum atomic E-state index is -2.68. The van der Waals surface area contributed by atoms with Crippen molar-refractivity contribution in [2.24, 2.45) is 5.16 Å². The molecule has 132 valence electrons. The van der Waals surface area contributed by atoms with E-state index in [4.69, 9.17) is 4.84 Å². The number of alkyl halides is 2. The van der Waals surface area contributed by atoms with Crippen LogP contribution in [-0.4, -0.2) is 52.6 Å². The van der Waals surface area contributed by atoms with Gasteiger partial charge in [0.05, 0.1) is 18.7 Å². The molecule has 2 aliphatic heterocycles. The summed E-state index contributed by atoms with van der Waals surface area (Å²) in [6, 6.07) is 4.06. The van der Waals surface area contributed by atoms with Crippen LogP contribution in [0, 0.1) is 0 Å². The Hall–Kier alpha value is -2.97. The molecule has 0 aliphatic carbocycles. The molecule has 1 aromatic rings. The Bertz CT molecular complexity index is 773. The molecule has 9 heteroatoms. The zero-order valence-electron chi connectivity index (χ0n) is 13.0. The Morgan fingerprint density at radius 2 is 2.16 bits per heavy atom. The van der Waals surface area contributed by atoms with Gasteiger partial charge in [-0.05, 0) is 24.3 Å². The number of nitrogens with zero attached hydrogens (tertiary/aromatic N) is 2. The third kappa shape index (κ3) is 3.17. The van der Waals surface area contributed by atoms with E-state index in [1.807, 2.05) is 0 Å². The zero-order chi connectivity index (χ0) is 18.2. The number of benzene rings is 1. The van der Waals surface area contributed by atoms with E-state index in [1.54, 1.807) is 0 Å². The van der Waals surface area contributed by atoms with Crippen molar-refractivity contribution in [3.8, 4) is 5.75 Å². The molecule has 25 heavy (non-hydrogen) atoms. The van der Waals surface area contributed by atoms with Crippen LogP contribution < -0.4 is 5.32 Å². The third-order valence-corrected chi connectivity index (χ3v) is 4.04. The first-order chi connectivity index (χ1) is 11.8. The summed E-state index contributed by atoms with van der Waals surface area (Å²) >= 11 is 0. The number of nitrogens with one attached hydrogen (secondary N) is 1. The second-order valence-corrected chi connectivity index (χ2v) is 5.92. The number of hydrogen-bond acceptors (Lipinski definition) is 5. The van der Waals surface area contributed by atoms with Crippen molar-refractivity contribution in [1.82, 2.24) is 4.90 Å². The summed E-state index contributed by atoms with van der Waals surface area (Å²) in [4.78, 5) is 30.3. The largest absolute Gasteiger partial charge is 0.507 e. The van der Waals surface area contributed by atoms with Gasteiger partial charge < -0.3 is 20.2 Å². The predicted octanol–water partition coefficient (Wildman–Crippen LogP) is 1.75. The van der Waals surface area contributed by atoms with Gasteiger partial charge in [-0.25, -0.2) is 8.78 Å². The van der Waals surface area contributed by atoms with Gasteiger partial charge >= 0.3 is 0 Å². The summed E-state index contributed by atoms with van der Waals surface area (Å²) in [7, 11) is 0. The van der Waals surface area contributed by atoms with Gasteiger partial charge in [0.1, 0.15) is 11.5 Å². The van der Waals surface area contributed by atoms with Crippen LogP contribution in [0.5, 0.6) is 5.75 Å². The number of halogens is 2. The molecule has 3 rings (SSSR count). The Kier molecular flexibility index (Phi) is 4.15. The average Bonchev–Trinajstić information content (AvgIpc) is 3.00. The molecule has 2 N–H and O–H groups in total. The van der Waals surface area contributed by atoms with Crippen LogP contribution >= 0.6 is 0 Å². The Labute approximate surface area is 141 Å². The minimum Gasteiger partial charge on any atom is -0.507 e. The predicted molar refractivity (Wildman–Crippen MR) is 84.7 cm³/mol. The lowest BCUT2D eigenvalue weighted by atomic mass is 9.88. The van der Waals surface area contributed by atoms with Crippen molar-refractivity contribution < 1.29 is 28.3 Å². The molecule has 2 amide bonds. The molecular weight excluding hydrogens is 336 g/mol. The maximum Gasteiger partial charge on any atom is 0.279 e. The maximum absolute atomic E-state index is 12.6. The lowest BCUT2D eigenvalue weighted by Gasteiger charge is -2.45. The minimum absolute atomic E-state index is 0.00953. The van der Waals surface area contributed by atoms with Crippen molar-refractivity contribution in [3.05, 3.63) is 36.4 Å². The number of oxime groups is 1. The van der Waals surface area contributed by atoms with Crippen LogP contribution in [0.4, 0.5) is 14.5 Å². The zero-order valence-corrected chi connectivity index (χ0v) is 13.0.